The van der Waals surface area contributed by atoms with Gasteiger partial charge in [0.05, 0.1) is 31.4 Å². The number of thiophene rings is 1. The first kappa shape index (κ1) is 23.2. The maximum atomic E-state index is 13.0. The molecule has 0 aromatic carbocycles. The highest BCUT2D eigenvalue weighted by atomic mass is 32.1. The molecule has 1 aromatic heterocycles. The molecule has 8 nitrogen and oxygen atoms in total. The SMILES string of the molecule is C[C@@H](C(=O)Nc1sc2c(c1C#N)CCCCC2)N1CCN(CC(=O)N2CCOCC2)CC1. The summed E-state index contributed by atoms with van der Waals surface area (Å²) in [5.74, 6) is 0.102. The Kier molecular flexibility index (Phi) is 7.79. The van der Waals surface area contributed by atoms with E-state index >= 15 is 0 Å². The van der Waals surface area contributed by atoms with E-state index in [1.54, 1.807) is 11.3 Å². The Bertz CT molecular complexity index is 866. The molecule has 32 heavy (non-hydrogen) atoms. The van der Waals surface area contributed by atoms with Crippen molar-refractivity contribution in [1.29, 1.82) is 5.26 Å². The Balaban J connectivity index is 1.29. The van der Waals surface area contributed by atoms with Gasteiger partial charge in [0.25, 0.3) is 0 Å². The summed E-state index contributed by atoms with van der Waals surface area (Å²) in [6.07, 6.45) is 5.41. The minimum Gasteiger partial charge on any atom is -0.378 e. The smallest absolute Gasteiger partial charge is 0.242 e. The average Bonchev–Trinajstić information content (AvgIpc) is 2.98. The number of amides is 2. The molecule has 0 spiro atoms. The highest BCUT2D eigenvalue weighted by molar-refractivity contribution is 7.16. The van der Waals surface area contributed by atoms with E-state index < -0.39 is 0 Å². The van der Waals surface area contributed by atoms with E-state index in [2.05, 4.69) is 21.2 Å². The Labute approximate surface area is 194 Å². The Hall–Kier alpha value is -1.99. The topological polar surface area (TPSA) is 88.9 Å². The third-order valence-electron chi connectivity index (χ3n) is 6.83. The van der Waals surface area contributed by atoms with Gasteiger partial charge in [0.1, 0.15) is 11.1 Å². The number of nitriles is 1. The first-order valence-corrected chi connectivity index (χ1v) is 12.6. The molecule has 0 saturated carbocycles. The first-order valence-electron chi connectivity index (χ1n) is 11.7. The van der Waals surface area contributed by atoms with Crippen LogP contribution in [0.1, 0.15) is 42.2 Å². The first-order chi connectivity index (χ1) is 15.6. The van der Waals surface area contributed by atoms with Crippen molar-refractivity contribution in [2.75, 3.05) is 64.3 Å². The molecule has 174 valence electrons. The van der Waals surface area contributed by atoms with Gasteiger partial charge in [0.2, 0.25) is 11.8 Å². The fraction of sp³-hybridized carbons (Fsp3) is 0.696. The van der Waals surface area contributed by atoms with E-state index in [0.717, 1.165) is 57.4 Å². The minimum atomic E-state index is -0.277. The molecule has 1 N–H and O–H groups in total. The molecule has 9 heteroatoms. The lowest BCUT2D eigenvalue weighted by atomic mass is 10.1. The monoisotopic (exact) mass is 459 g/mol. The van der Waals surface area contributed by atoms with Crippen LogP contribution >= 0.6 is 11.3 Å². The van der Waals surface area contributed by atoms with Crippen molar-refractivity contribution in [2.45, 2.75) is 45.1 Å². The predicted octanol–water partition coefficient (Wildman–Crippen LogP) is 1.69. The molecule has 1 aliphatic carbocycles. The van der Waals surface area contributed by atoms with E-state index in [1.807, 2.05) is 11.8 Å². The number of rotatable bonds is 5. The van der Waals surface area contributed by atoms with Crippen molar-refractivity contribution < 1.29 is 14.3 Å². The fourth-order valence-corrected chi connectivity index (χ4v) is 5.99. The second-order valence-corrected chi connectivity index (χ2v) is 9.96. The molecule has 2 fully saturated rings. The maximum Gasteiger partial charge on any atom is 0.242 e. The zero-order valence-corrected chi connectivity index (χ0v) is 19.7. The van der Waals surface area contributed by atoms with Gasteiger partial charge in [-0.05, 0) is 38.2 Å². The van der Waals surface area contributed by atoms with Gasteiger partial charge in [-0.2, -0.15) is 5.26 Å². The molecule has 0 radical (unpaired) electrons. The third-order valence-corrected chi connectivity index (χ3v) is 8.03. The van der Waals surface area contributed by atoms with Crippen molar-refractivity contribution in [3.63, 3.8) is 0 Å². The second-order valence-electron chi connectivity index (χ2n) is 8.85. The molecule has 2 amide bonds. The van der Waals surface area contributed by atoms with Crippen molar-refractivity contribution >= 4 is 28.2 Å². The lowest BCUT2D eigenvalue weighted by Crippen LogP contribution is -2.55. The van der Waals surface area contributed by atoms with Crippen molar-refractivity contribution in [3.05, 3.63) is 16.0 Å². The number of morpholine rings is 1. The molecular weight excluding hydrogens is 426 g/mol. The number of carbonyl (C=O) groups is 2. The number of aryl methyl sites for hydroxylation is 1. The molecule has 1 atom stereocenters. The molecule has 2 aliphatic heterocycles. The number of fused-ring (bicyclic) bond motifs is 1. The van der Waals surface area contributed by atoms with Gasteiger partial charge in [-0.1, -0.05) is 6.42 Å². The highest BCUT2D eigenvalue weighted by Gasteiger charge is 2.29. The number of piperazine rings is 1. The molecule has 2 saturated heterocycles. The summed E-state index contributed by atoms with van der Waals surface area (Å²) in [5, 5.41) is 13.5. The molecule has 0 unspecified atom stereocenters. The molecule has 4 rings (SSSR count). The van der Waals surface area contributed by atoms with Gasteiger partial charge in [-0.3, -0.25) is 19.4 Å². The molecule has 3 heterocycles. The standard InChI is InChI=1S/C23H33N5O3S/c1-17(22(30)25-23-19(15-24)18-5-3-2-4-6-20(18)32-23)27-9-7-26(8-10-27)16-21(29)28-11-13-31-14-12-28/h17H,2-14,16H2,1H3,(H,25,30)/t17-/m0/s1. The van der Waals surface area contributed by atoms with Crippen LogP contribution in [0.3, 0.4) is 0 Å². The second kappa shape index (κ2) is 10.8. The lowest BCUT2D eigenvalue weighted by Gasteiger charge is -2.38. The van der Waals surface area contributed by atoms with Crippen molar-refractivity contribution in [1.82, 2.24) is 14.7 Å². The normalized spacial score (nSPS) is 21.3. The van der Waals surface area contributed by atoms with E-state index in [0.29, 0.717) is 43.4 Å². The molecule has 0 bridgehead atoms. The van der Waals surface area contributed by atoms with Crippen LogP contribution in [0, 0.1) is 11.3 Å². The number of hydrogen-bond donors (Lipinski definition) is 1. The number of hydrogen-bond acceptors (Lipinski definition) is 7. The highest BCUT2D eigenvalue weighted by Crippen LogP contribution is 2.37. The molecule has 1 aromatic rings. The van der Waals surface area contributed by atoms with Crippen LogP contribution in [0.25, 0.3) is 0 Å². The van der Waals surface area contributed by atoms with Crippen LogP contribution in [-0.2, 0) is 27.2 Å². The third kappa shape index (κ3) is 5.31. The molecule has 3 aliphatic rings. The largest absolute Gasteiger partial charge is 0.378 e. The fourth-order valence-electron chi connectivity index (χ4n) is 4.74. The average molecular weight is 460 g/mol. The summed E-state index contributed by atoms with van der Waals surface area (Å²) in [4.78, 5) is 32.9. The quantitative estimate of drug-likeness (QED) is 0.674. The molecular formula is C23H33N5O3S. The van der Waals surface area contributed by atoms with E-state index in [4.69, 9.17) is 4.74 Å². The number of nitrogens with one attached hydrogen (secondary N) is 1. The zero-order chi connectivity index (χ0) is 22.5. The number of ether oxygens (including phenoxy) is 1. The van der Waals surface area contributed by atoms with Crippen LogP contribution < -0.4 is 5.32 Å². The minimum absolute atomic E-state index is 0.0595. The van der Waals surface area contributed by atoms with Crippen LogP contribution in [0.2, 0.25) is 0 Å². The van der Waals surface area contributed by atoms with Crippen LogP contribution in [0.4, 0.5) is 5.00 Å². The van der Waals surface area contributed by atoms with Crippen LogP contribution in [0.15, 0.2) is 0 Å². The zero-order valence-electron chi connectivity index (χ0n) is 18.9. The summed E-state index contributed by atoms with van der Waals surface area (Å²) < 4.78 is 5.32. The van der Waals surface area contributed by atoms with Crippen LogP contribution in [0.5, 0.6) is 0 Å². The summed E-state index contributed by atoms with van der Waals surface area (Å²) in [6.45, 7) is 7.97. The van der Waals surface area contributed by atoms with Crippen molar-refractivity contribution in [3.8, 4) is 6.07 Å². The summed E-state index contributed by atoms with van der Waals surface area (Å²) >= 11 is 1.58. The lowest BCUT2D eigenvalue weighted by molar-refractivity contribution is -0.137. The maximum absolute atomic E-state index is 13.0. The Morgan fingerprint density at radius 1 is 1.09 bits per heavy atom. The van der Waals surface area contributed by atoms with Gasteiger partial charge in [0, 0.05) is 44.1 Å². The number of carbonyl (C=O) groups excluding carboxylic acids is 2. The van der Waals surface area contributed by atoms with Gasteiger partial charge >= 0.3 is 0 Å². The summed E-state index contributed by atoms with van der Waals surface area (Å²) in [6, 6.07) is 2.06. The number of anilines is 1. The van der Waals surface area contributed by atoms with Gasteiger partial charge in [0.15, 0.2) is 0 Å². The number of nitrogens with zero attached hydrogens (tertiary/aromatic N) is 4. The Morgan fingerprint density at radius 2 is 1.81 bits per heavy atom. The van der Waals surface area contributed by atoms with Gasteiger partial charge in [-0.15, -0.1) is 11.3 Å². The van der Waals surface area contributed by atoms with E-state index in [9.17, 15) is 14.9 Å². The predicted molar refractivity (Wildman–Crippen MR) is 124 cm³/mol. The van der Waals surface area contributed by atoms with E-state index in [-0.39, 0.29) is 17.9 Å². The van der Waals surface area contributed by atoms with Gasteiger partial charge in [-0.25, -0.2) is 0 Å². The van der Waals surface area contributed by atoms with Gasteiger partial charge < -0.3 is 15.0 Å². The summed E-state index contributed by atoms with van der Waals surface area (Å²) in [5.41, 5.74) is 1.82. The Morgan fingerprint density at radius 3 is 2.53 bits per heavy atom. The van der Waals surface area contributed by atoms with Crippen LogP contribution in [-0.4, -0.2) is 91.6 Å². The van der Waals surface area contributed by atoms with Crippen molar-refractivity contribution in [2.24, 2.45) is 0 Å². The van der Waals surface area contributed by atoms with E-state index in [1.165, 1.54) is 11.3 Å². The summed E-state index contributed by atoms with van der Waals surface area (Å²) in [7, 11) is 0.